The average molecular weight is 822 g/mol. The summed E-state index contributed by atoms with van der Waals surface area (Å²) >= 11 is 1.80. The van der Waals surface area contributed by atoms with Crippen LogP contribution in [0.3, 0.4) is 0 Å². The summed E-state index contributed by atoms with van der Waals surface area (Å²) in [4.78, 5) is 16.2. The van der Waals surface area contributed by atoms with E-state index in [9.17, 15) is 0 Å². The molecule has 4 heterocycles. The maximum Gasteiger partial charge on any atom is 0.238 e. The Morgan fingerprint density at radius 1 is 0.333 bits per heavy atom. The molecule has 0 saturated carbocycles. The largest absolute Gasteiger partial charge is 0.307 e. The number of para-hydroxylation sites is 2. The van der Waals surface area contributed by atoms with Gasteiger partial charge in [0.05, 0.1) is 27.8 Å². The molecule has 0 amide bonds. The summed E-state index contributed by atoms with van der Waals surface area (Å²) in [6.07, 6.45) is 0. The van der Waals surface area contributed by atoms with E-state index in [1.165, 1.54) is 25.7 Å². The van der Waals surface area contributed by atoms with E-state index in [0.29, 0.717) is 17.6 Å². The Bertz CT molecular complexity index is 3900. The molecule has 0 radical (unpaired) electrons. The third kappa shape index (κ3) is 5.52. The van der Waals surface area contributed by atoms with Gasteiger partial charge >= 0.3 is 0 Å². The maximum atomic E-state index is 5.53. The van der Waals surface area contributed by atoms with E-state index in [1.807, 2.05) is 18.2 Å². The zero-order chi connectivity index (χ0) is 41.4. The Kier molecular flexibility index (Phi) is 8.01. The number of fused-ring (bicyclic) bond motifs is 10. The molecule has 0 aliphatic carbocycles. The minimum atomic E-state index is 0.562. The van der Waals surface area contributed by atoms with Crippen LogP contribution in [0, 0.1) is 0 Å². The fourth-order valence-electron chi connectivity index (χ4n) is 9.71. The SMILES string of the molecule is c1ccc(-c2nc(-c3cccc4sc5ccccc5c34)nc(-n3c4ccccc4c4ccc5c6ccccc6n(-c6cccc(-c7ccccc7)c6-c6ccccc6)c5c43)n2)cc1. The van der Waals surface area contributed by atoms with Gasteiger partial charge < -0.3 is 4.57 Å². The standard InChI is InChI=1S/C57H35N5S/c1-4-18-36(19-5-1)39-27-16-31-48(51(39)37-20-6-2-7-21-37)61-46-29-13-10-24-40(46)42-34-35-43-41-25-11-14-30-47(41)62(54(43)53(42)61)57-59-55(38-22-8-3-9-23-38)58-56(60-57)45-28-17-33-50-52(45)44-26-12-15-32-49(44)63-50/h1-35H. The lowest BCUT2D eigenvalue weighted by atomic mass is 9.93. The molecule has 0 aliphatic heterocycles. The van der Waals surface area contributed by atoms with Crippen LogP contribution in [-0.2, 0) is 0 Å². The first kappa shape index (κ1) is 35.6. The van der Waals surface area contributed by atoms with Crippen LogP contribution in [0.5, 0.6) is 0 Å². The van der Waals surface area contributed by atoms with Crippen molar-refractivity contribution in [2.75, 3.05) is 0 Å². The highest BCUT2D eigenvalue weighted by Gasteiger charge is 2.26. The van der Waals surface area contributed by atoms with Gasteiger partial charge in [-0.2, -0.15) is 9.97 Å². The van der Waals surface area contributed by atoms with Gasteiger partial charge in [0.1, 0.15) is 0 Å². The quantitative estimate of drug-likeness (QED) is 0.168. The van der Waals surface area contributed by atoms with Crippen molar-refractivity contribution < 1.29 is 0 Å². The molecule has 63 heavy (non-hydrogen) atoms. The molecule has 0 atom stereocenters. The number of hydrogen-bond acceptors (Lipinski definition) is 4. The van der Waals surface area contributed by atoms with Crippen molar-refractivity contribution in [1.82, 2.24) is 24.1 Å². The van der Waals surface area contributed by atoms with Gasteiger partial charge in [0.15, 0.2) is 11.6 Å². The fourth-order valence-corrected chi connectivity index (χ4v) is 10.8. The minimum Gasteiger partial charge on any atom is -0.307 e. The molecule has 0 fully saturated rings. The van der Waals surface area contributed by atoms with E-state index < -0.39 is 0 Å². The molecule has 4 aromatic heterocycles. The van der Waals surface area contributed by atoms with Crippen LogP contribution in [0.4, 0.5) is 0 Å². The molecule has 0 unspecified atom stereocenters. The molecule has 294 valence electrons. The number of nitrogens with zero attached hydrogens (tertiary/aromatic N) is 5. The Morgan fingerprint density at radius 2 is 0.857 bits per heavy atom. The molecular formula is C57H35N5S. The van der Waals surface area contributed by atoms with Crippen molar-refractivity contribution in [2.45, 2.75) is 0 Å². The van der Waals surface area contributed by atoms with Crippen molar-refractivity contribution in [3.8, 4) is 56.7 Å². The molecule has 0 saturated heterocycles. The second-order valence-corrected chi connectivity index (χ2v) is 17.0. The average Bonchev–Trinajstić information content (AvgIpc) is 4.02. The molecule has 5 nitrogen and oxygen atoms in total. The summed E-state index contributed by atoms with van der Waals surface area (Å²) in [5.74, 6) is 1.81. The van der Waals surface area contributed by atoms with Crippen LogP contribution in [0.2, 0.25) is 0 Å². The van der Waals surface area contributed by atoms with E-state index in [4.69, 9.17) is 15.0 Å². The number of thiophene rings is 1. The smallest absolute Gasteiger partial charge is 0.238 e. The molecule has 0 aliphatic rings. The number of aromatic nitrogens is 5. The van der Waals surface area contributed by atoms with E-state index >= 15 is 0 Å². The molecule has 13 aromatic rings. The lowest BCUT2D eigenvalue weighted by molar-refractivity contribution is 0.954. The van der Waals surface area contributed by atoms with Gasteiger partial charge in [-0.3, -0.25) is 4.57 Å². The highest BCUT2D eigenvalue weighted by Crippen LogP contribution is 2.46. The Morgan fingerprint density at radius 3 is 1.57 bits per heavy atom. The normalized spacial score (nSPS) is 11.8. The summed E-state index contributed by atoms with van der Waals surface area (Å²) in [5.41, 5.74) is 11.9. The van der Waals surface area contributed by atoms with Gasteiger partial charge in [0, 0.05) is 58.4 Å². The third-order valence-electron chi connectivity index (χ3n) is 12.4. The molecule has 13 rings (SSSR count). The number of rotatable bonds is 6. The first-order chi connectivity index (χ1) is 31.3. The molecule has 0 spiro atoms. The zero-order valence-electron chi connectivity index (χ0n) is 33.9. The van der Waals surface area contributed by atoms with Gasteiger partial charge in [-0.25, -0.2) is 4.98 Å². The first-order valence-electron chi connectivity index (χ1n) is 21.2. The number of benzene rings is 9. The van der Waals surface area contributed by atoms with Crippen LogP contribution in [0.25, 0.3) is 120 Å². The first-order valence-corrected chi connectivity index (χ1v) is 22.0. The highest BCUT2D eigenvalue weighted by atomic mass is 32.1. The summed E-state index contributed by atoms with van der Waals surface area (Å²) in [5, 5.41) is 6.93. The third-order valence-corrected chi connectivity index (χ3v) is 13.5. The Balaban J connectivity index is 1.19. The Hall–Kier alpha value is -8.19. The van der Waals surface area contributed by atoms with Crippen LogP contribution >= 0.6 is 11.3 Å². The molecule has 9 aromatic carbocycles. The summed E-state index contributed by atoms with van der Waals surface area (Å²) in [6.45, 7) is 0. The van der Waals surface area contributed by atoms with Crippen LogP contribution in [0.15, 0.2) is 212 Å². The summed E-state index contributed by atoms with van der Waals surface area (Å²) < 4.78 is 7.21. The van der Waals surface area contributed by atoms with Gasteiger partial charge in [0.2, 0.25) is 5.95 Å². The van der Waals surface area contributed by atoms with Crippen molar-refractivity contribution in [1.29, 1.82) is 0 Å². The van der Waals surface area contributed by atoms with Gasteiger partial charge in [0.25, 0.3) is 0 Å². The van der Waals surface area contributed by atoms with Crippen LogP contribution in [-0.4, -0.2) is 24.1 Å². The monoisotopic (exact) mass is 821 g/mol. The van der Waals surface area contributed by atoms with Crippen molar-refractivity contribution >= 4 is 75.1 Å². The summed E-state index contributed by atoms with van der Waals surface area (Å²) in [6, 6.07) is 75.6. The lowest BCUT2D eigenvalue weighted by Crippen LogP contribution is -2.07. The van der Waals surface area contributed by atoms with Crippen molar-refractivity contribution in [3.63, 3.8) is 0 Å². The van der Waals surface area contributed by atoms with Gasteiger partial charge in [-0.15, -0.1) is 11.3 Å². The number of hydrogen-bond donors (Lipinski definition) is 0. The molecule has 0 bridgehead atoms. The predicted molar refractivity (Wildman–Crippen MR) is 263 cm³/mol. The Labute approximate surface area is 366 Å². The van der Waals surface area contributed by atoms with Gasteiger partial charge in [-0.05, 0) is 47.0 Å². The molecular weight excluding hydrogens is 787 g/mol. The van der Waals surface area contributed by atoms with Crippen LogP contribution in [0.1, 0.15) is 0 Å². The maximum absolute atomic E-state index is 5.53. The minimum absolute atomic E-state index is 0.562. The van der Waals surface area contributed by atoms with Gasteiger partial charge in [-0.1, -0.05) is 182 Å². The lowest BCUT2D eigenvalue weighted by Gasteiger charge is -2.19. The van der Waals surface area contributed by atoms with E-state index in [1.54, 1.807) is 11.3 Å². The second kappa shape index (κ2) is 14.2. The fraction of sp³-hybridized carbons (Fsp3) is 0. The molecule has 6 heteroatoms. The van der Waals surface area contributed by atoms with E-state index in [0.717, 1.165) is 77.1 Å². The second-order valence-electron chi connectivity index (χ2n) is 15.9. The van der Waals surface area contributed by atoms with E-state index in [2.05, 4.69) is 203 Å². The molecule has 0 N–H and O–H groups in total. The van der Waals surface area contributed by atoms with Crippen molar-refractivity contribution in [2.24, 2.45) is 0 Å². The summed E-state index contributed by atoms with van der Waals surface area (Å²) in [7, 11) is 0. The van der Waals surface area contributed by atoms with Crippen LogP contribution < -0.4 is 0 Å². The zero-order valence-corrected chi connectivity index (χ0v) is 34.7. The topological polar surface area (TPSA) is 48.5 Å². The highest BCUT2D eigenvalue weighted by molar-refractivity contribution is 7.25. The van der Waals surface area contributed by atoms with E-state index in [-0.39, 0.29) is 0 Å². The van der Waals surface area contributed by atoms with Crippen molar-refractivity contribution in [3.05, 3.63) is 212 Å². The predicted octanol–water partition coefficient (Wildman–Crippen LogP) is 15.1.